The molecule has 166 valence electrons. The molecule has 32 heavy (non-hydrogen) atoms. The summed E-state index contributed by atoms with van der Waals surface area (Å²) in [4.78, 5) is 17.2. The van der Waals surface area contributed by atoms with E-state index in [0.717, 1.165) is 18.2 Å². The summed E-state index contributed by atoms with van der Waals surface area (Å²) in [6, 6.07) is 5.69. The van der Waals surface area contributed by atoms with Crippen LogP contribution in [0.25, 0.3) is 11.1 Å². The van der Waals surface area contributed by atoms with E-state index in [-0.39, 0.29) is 59.1 Å². The van der Waals surface area contributed by atoms with Gasteiger partial charge in [0, 0.05) is 36.1 Å². The van der Waals surface area contributed by atoms with Gasteiger partial charge in [-0.1, -0.05) is 11.6 Å². The van der Waals surface area contributed by atoms with Crippen LogP contribution in [-0.4, -0.2) is 27.0 Å². The first-order valence-electron chi connectivity index (χ1n) is 9.85. The number of anilines is 1. The Balaban J connectivity index is 1.80. The summed E-state index contributed by atoms with van der Waals surface area (Å²) in [6.45, 7) is 0. The molecule has 0 saturated heterocycles. The molecule has 1 amide bonds. The number of alkyl halides is 2. The molecule has 1 aliphatic rings. The first-order chi connectivity index (χ1) is 15.2. The number of carbonyl (C=O) groups excluding carboxylic acids is 1. The van der Waals surface area contributed by atoms with Crippen molar-refractivity contribution in [1.29, 1.82) is 0 Å². The molecule has 0 spiro atoms. The van der Waals surface area contributed by atoms with Gasteiger partial charge in [0.1, 0.15) is 11.6 Å². The van der Waals surface area contributed by atoms with E-state index in [1.807, 2.05) is 0 Å². The number of hydrogen-bond acceptors (Lipinski definition) is 4. The predicted octanol–water partition coefficient (Wildman–Crippen LogP) is 6.02. The van der Waals surface area contributed by atoms with Crippen LogP contribution in [-0.2, 0) is 0 Å². The Kier molecular flexibility index (Phi) is 6.10. The van der Waals surface area contributed by atoms with Crippen LogP contribution in [0, 0.1) is 11.6 Å². The normalized spacial score (nSPS) is 16.0. The molecule has 3 aromatic rings. The van der Waals surface area contributed by atoms with Crippen LogP contribution in [0.1, 0.15) is 47.7 Å². The number of hydrogen-bond donors (Lipinski definition) is 1. The van der Waals surface area contributed by atoms with Crippen molar-refractivity contribution in [3.8, 4) is 11.1 Å². The van der Waals surface area contributed by atoms with Crippen molar-refractivity contribution in [3.63, 3.8) is 0 Å². The second kappa shape index (κ2) is 8.82. The highest BCUT2D eigenvalue weighted by atomic mass is 35.5. The largest absolute Gasteiger partial charge is 0.320 e. The molecule has 0 aliphatic heterocycles. The second-order valence-corrected chi connectivity index (χ2v) is 7.98. The highest BCUT2D eigenvalue weighted by molar-refractivity contribution is 6.29. The van der Waals surface area contributed by atoms with E-state index in [2.05, 4.69) is 20.5 Å². The Labute approximate surface area is 185 Å². The van der Waals surface area contributed by atoms with Crippen molar-refractivity contribution in [3.05, 3.63) is 70.8 Å². The number of pyridine rings is 1. The number of benzene rings is 1. The number of nitrogens with one attached hydrogen (secondary N) is 1. The average Bonchev–Trinajstić information content (AvgIpc) is 2.76. The van der Waals surface area contributed by atoms with Gasteiger partial charge in [-0.15, -0.1) is 5.10 Å². The molecule has 0 bridgehead atoms. The minimum Gasteiger partial charge on any atom is -0.320 e. The lowest BCUT2D eigenvalue weighted by Crippen LogP contribution is -2.25. The Morgan fingerprint density at radius 1 is 1.09 bits per heavy atom. The lowest BCUT2D eigenvalue weighted by atomic mass is 9.83. The number of halogens is 5. The fraction of sp³-hybridized carbons (Fsp3) is 0.273. The highest BCUT2D eigenvalue weighted by Crippen LogP contribution is 2.44. The van der Waals surface area contributed by atoms with Crippen LogP contribution in [0.4, 0.5) is 23.2 Å². The summed E-state index contributed by atoms with van der Waals surface area (Å²) in [5.41, 5.74) is 0.649. The van der Waals surface area contributed by atoms with Crippen LogP contribution in [0.15, 0.2) is 42.7 Å². The van der Waals surface area contributed by atoms with Gasteiger partial charge in [0.05, 0.1) is 23.1 Å². The second-order valence-electron chi connectivity index (χ2n) is 7.59. The zero-order valence-electron chi connectivity index (χ0n) is 16.6. The van der Waals surface area contributed by atoms with Crippen molar-refractivity contribution >= 4 is 23.2 Å². The predicted molar refractivity (Wildman–Crippen MR) is 111 cm³/mol. The van der Waals surface area contributed by atoms with Crippen molar-refractivity contribution in [2.75, 3.05) is 5.32 Å². The van der Waals surface area contributed by atoms with Gasteiger partial charge in [0.2, 0.25) is 5.92 Å². The average molecular weight is 465 g/mol. The number of rotatable bonds is 4. The maximum atomic E-state index is 14.6. The molecule has 0 atom stereocenters. The maximum Gasteiger partial charge on any atom is 0.257 e. The van der Waals surface area contributed by atoms with Gasteiger partial charge < -0.3 is 5.32 Å². The molecule has 0 unspecified atom stereocenters. The topological polar surface area (TPSA) is 67.8 Å². The molecule has 2 aromatic heterocycles. The fourth-order valence-electron chi connectivity index (χ4n) is 3.81. The molecule has 1 aliphatic carbocycles. The van der Waals surface area contributed by atoms with Gasteiger partial charge >= 0.3 is 0 Å². The van der Waals surface area contributed by atoms with E-state index in [4.69, 9.17) is 11.6 Å². The van der Waals surface area contributed by atoms with Crippen LogP contribution in [0.5, 0.6) is 0 Å². The summed E-state index contributed by atoms with van der Waals surface area (Å²) >= 11 is 5.81. The van der Waals surface area contributed by atoms with Crippen LogP contribution < -0.4 is 5.32 Å². The van der Waals surface area contributed by atoms with E-state index >= 15 is 0 Å². The molecule has 0 radical (unpaired) electrons. The summed E-state index contributed by atoms with van der Waals surface area (Å²) in [7, 11) is 0. The molecular weight excluding hydrogens is 448 g/mol. The minimum absolute atomic E-state index is 0.00466. The van der Waals surface area contributed by atoms with Crippen LogP contribution in [0.3, 0.4) is 0 Å². The monoisotopic (exact) mass is 464 g/mol. The van der Waals surface area contributed by atoms with E-state index in [0.29, 0.717) is 5.69 Å². The van der Waals surface area contributed by atoms with Crippen molar-refractivity contribution in [2.24, 2.45) is 0 Å². The van der Waals surface area contributed by atoms with Gasteiger partial charge in [-0.05, 0) is 43.2 Å². The van der Waals surface area contributed by atoms with Crippen LogP contribution >= 0.6 is 11.6 Å². The van der Waals surface area contributed by atoms with E-state index in [1.165, 1.54) is 24.5 Å². The van der Waals surface area contributed by atoms with Crippen molar-refractivity contribution in [2.45, 2.75) is 37.5 Å². The van der Waals surface area contributed by atoms with Gasteiger partial charge in [0.15, 0.2) is 5.15 Å². The van der Waals surface area contributed by atoms with E-state index < -0.39 is 23.5 Å². The summed E-state index contributed by atoms with van der Waals surface area (Å²) in [5.74, 6) is -5.15. The Bertz CT molecular complexity index is 1160. The third kappa shape index (κ3) is 4.72. The highest BCUT2D eigenvalue weighted by Gasteiger charge is 2.37. The maximum absolute atomic E-state index is 14.6. The third-order valence-corrected chi connectivity index (χ3v) is 5.61. The third-order valence-electron chi connectivity index (χ3n) is 5.43. The lowest BCUT2D eigenvalue weighted by Gasteiger charge is -2.29. The smallest absolute Gasteiger partial charge is 0.257 e. The summed E-state index contributed by atoms with van der Waals surface area (Å²) < 4.78 is 55.9. The Morgan fingerprint density at radius 2 is 1.84 bits per heavy atom. The standard InChI is InChI=1S/C22H17ClF4N4O/c23-18-9-13(11-29-31-18)21(32)30-20-15(16-10-14(24)1-2-17(16)25)5-8-28-19(20)12-3-6-22(26,27)7-4-12/h1-2,5,8-12H,3-4,6-7H2,(H,30,32). The van der Waals surface area contributed by atoms with Crippen molar-refractivity contribution < 1.29 is 22.4 Å². The first-order valence-corrected chi connectivity index (χ1v) is 10.2. The quantitative estimate of drug-likeness (QED) is 0.480. The lowest BCUT2D eigenvalue weighted by molar-refractivity contribution is -0.0384. The Hall–Kier alpha value is -3.07. The molecule has 1 N–H and O–H groups in total. The summed E-state index contributed by atoms with van der Waals surface area (Å²) in [5, 5.41) is 9.89. The van der Waals surface area contributed by atoms with Crippen LogP contribution in [0.2, 0.25) is 5.15 Å². The van der Waals surface area contributed by atoms with Gasteiger partial charge in [-0.25, -0.2) is 17.6 Å². The number of nitrogens with zero attached hydrogens (tertiary/aromatic N) is 3. The molecular formula is C22H17ClF4N4O. The first kappa shape index (κ1) is 22.1. The fourth-order valence-corrected chi connectivity index (χ4v) is 3.97. The van der Waals surface area contributed by atoms with E-state index in [1.54, 1.807) is 0 Å². The zero-order valence-corrected chi connectivity index (χ0v) is 17.3. The Morgan fingerprint density at radius 3 is 2.56 bits per heavy atom. The number of carbonyl (C=O) groups is 1. The van der Waals surface area contributed by atoms with Crippen molar-refractivity contribution in [1.82, 2.24) is 15.2 Å². The zero-order chi connectivity index (χ0) is 22.9. The number of amides is 1. The van der Waals surface area contributed by atoms with E-state index in [9.17, 15) is 22.4 Å². The van der Waals surface area contributed by atoms with Gasteiger partial charge in [0.25, 0.3) is 5.91 Å². The summed E-state index contributed by atoms with van der Waals surface area (Å²) in [6.07, 6.45) is 2.22. The molecule has 4 rings (SSSR count). The SMILES string of the molecule is O=C(Nc1c(-c2cc(F)ccc2F)ccnc1C1CCC(F)(F)CC1)c1cnnc(Cl)c1. The van der Waals surface area contributed by atoms with Gasteiger partial charge in [-0.3, -0.25) is 9.78 Å². The molecule has 1 aromatic carbocycles. The molecule has 2 heterocycles. The minimum atomic E-state index is -2.76. The molecule has 5 nitrogen and oxygen atoms in total. The molecule has 1 saturated carbocycles. The molecule has 1 fully saturated rings. The molecule has 10 heteroatoms. The number of aromatic nitrogens is 3. The van der Waals surface area contributed by atoms with Gasteiger partial charge in [-0.2, -0.15) is 5.10 Å².